The van der Waals surface area contributed by atoms with E-state index in [4.69, 9.17) is 9.73 Å². The zero-order valence-electron chi connectivity index (χ0n) is 21.8. The molecule has 1 amide bonds. The maximum absolute atomic E-state index is 12.6. The first-order valence-corrected chi connectivity index (χ1v) is 13.4. The summed E-state index contributed by atoms with van der Waals surface area (Å²) in [5.41, 5.74) is 3.80. The van der Waals surface area contributed by atoms with Gasteiger partial charge < -0.3 is 20.1 Å². The fourth-order valence-corrected chi connectivity index (χ4v) is 5.36. The van der Waals surface area contributed by atoms with Gasteiger partial charge in [0, 0.05) is 27.5 Å². The zero-order chi connectivity index (χ0) is 27.5. The number of carbonyl (C=O) groups is 1. The minimum Gasteiger partial charge on any atom is -0.497 e. The Kier molecular flexibility index (Phi) is 7.83. The van der Waals surface area contributed by atoms with Gasteiger partial charge in [-0.3, -0.25) is 14.4 Å². The molecule has 3 N–H and O–H groups in total. The highest BCUT2D eigenvalue weighted by molar-refractivity contribution is 7.99. The fraction of sp³-hybridized carbons (Fsp3) is 0.214. The molecular formula is C28H28BN5O4S. The van der Waals surface area contributed by atoms with E-state index in [9.17, 15) is 14.8 Å². The Labute approximate surface area is 231 Å². The lowest BCUT2D eigenvalue weighted by Gasteiger charge is -2.14. The number of aliphatic imine (C=N–C) groups is 1. The first-order valence-electron chi connectivity index (χ1n) is 12.6. The van der Waals surface area contributed by atoms with Crippen LogP contribution < -0.4 is 15.5 Å². The van der Waals surface area contributed by atoms with E-state index in [-0.39, 0.29) is 12.3 Å². The van der Waals surface area contributed by atoms with Gasteiger partial charge >= 0.3 is 7.12 Å². The van der Waals surface area contributed by atoms with Crippen LogP contribution in [0.3, 0.4) is 0 Å². The molecular weight excluding hydrogens is 513 g/mol. The van der Waals surface area contributed by atoms with Crippen molar-refractivity contribution in [1.29, 1.82) is 0 Å². The maximum Gasteiger partial charge on any atom is 0.488 e. The number of rotatable bonds is 8. The number of ether oxygens (including phenoxy) is 1. The van der Waals surface area contributed by atoms with Gasteiger partial charge in [-0.2, -0.15) is 0 Å². The topological polar surface area (TPSA) is 122 Å². The van der Waals surface area contributed by atoms with Gasteiger partial charge in [-0.05, 0) is 61.8 Å². The van der Waals surface area contributed by atoms with Gasteiger partial charge in [0.1, 0.15) is 17.6 Å². The summed E-state index contributed by atoms with van der Waals surface area (Å²) in [6.07, 6.45) is 0.146. The van der Waals surface area contributed by atoms with Gasteiger partial charge in [-0.25, -0.2) is 0 Å². The highest BCUT2D eigenvalue weighted by Gasteiger charge is 2.30. The molecule has 39 heavy (non-hydrogen) atoms. The van der Waals surface area contributed by atoms with Crippen molar-refractivity contribution in [1.82, 2.24) is 20.1 Å². The molecule has 2 heterocycles. The normalized spacial score (nSPS) is 14.1. The molecule has 198 valence electrons. The van der Waals surface area contributed by atoms with Gasteiger partial charge in [0.2, 0.25) is 5.91 Å². The number of aryl methyl sites for hydroxylation is 1. The number of fused-ring (bicyclic) bond motifs is 3. The summed E-state index contributed by atoms with van der Waals surface area (Å²) in [7, 11) is 0.140. The molecule has 0 bridgehead atoms. The largest absolute Gasteiger partial charge is 0.497 e. The van der Waals surface area contributed by atoms with Crippen LogP contribution in [0.5, 0.6) is 5.75 Å². The van der Waals surface area contributed by atoms with E-state index in [2.05, 4.69) is 15.5 Å². The van der Waals surface area contributed by atoms with Crippen LogP contribution in [-0.4, -0.2) is 57.2 Å². The van der Waals surface area contributed by atoms with Gasteiger partial charge in [-0.1, -0.05) is 36.0 Å². The second-order valence-corrected chi connectivity index (χ2v) is 10.2. The number of amides is 1. The van der Waals surface area contributed by atoms with Gasteiger partial charge in [0.05, 0.1) is 24.9 Å². The number of benzene rings is 3. The maximum atomic E-state index is 12.6. The molecule has 4 aromatic rings. The van der Waals surface area contributed by atoms with E-state index in [0.717, 1.165) is 32.3 Å². The molecule has 0 aliphatic carbocycles. The summed E-state index contributed by atoms with van der Waals surface area (Å²) in [6, 6.07) is 20.5. The van der Waals surface area contributed by atoms with Crippen molar-refractivity contribution in [3.05, 3.63) is 89.5 Å². The Morgan fingerprint density at radius 2 is 1.74 bits per heavy atom. The second kappa shape index (κ2) is 11.4. The minimum atomic E-state index is -1.49. The van der Waals surface area contributed by atoms with Crippen molar-refractivity contribution in [2.45, 2.75) is 36.1 Å². The minimum absolute atomic E-state index is 0.104. The van der Waals surface area contributed by atoms with Gasteiger partial charge in [0.15, 0.2) is 5.82 Å². The predicted octanol–water partition coefficient (Wildman–Crippen LogP) is 2.83. The molecule has 0 radical (unpaired) electrons. The van der Waals surface area contributed by atoms with Crippen molar-refractivity contribution in [3.8, 4) is 11.4 Å². The van der Waals surface area contributed by atoms with Crippen molar-refractivity contribution in [3.63, 3.8) is 0 Å². The first-order chi connectivity index (χ1) is 18.9. The molecule has 9 nitrogen and oxygen atoms in total. The Balaban J connectivity index is 1.55. The van der Waals surface area contributed by atoms with Gasteiger partial charge in [-0.15, -0.1) is 10.2 Å². The number of hydrogen-bond acceptors (Lipinski definition) is 8. The van der Waals surface area contributed by atoms with Gasteiger partial charge in [0.25, 0.3) is 0 Å². The number of carbonyl (C=O) groups excluding carboxylic acids is 1. The summed E-state index contributed by atoms with van der Waals surface area (Å²) in [4.78, 5) is 19.7. The predicted molar refractivity (Wildman–Crippen MR) is 151 cm³/mol. The van der Waals surface area contributed by atoms with E-state index >= 15 is 0 Å². The molecule has 0 unspecified atom stereocenters. The van der Waals surface area contributed by atoms with Crippen LogP contribution in [0, 0.1) is 6.92 Å². The molecule has 1 aliphatic rings. The van der Waals surface area contributed by atoms with E-state index in [1.807, 2.05) is 73.0 Å². The molecule has 0 saturated carbocycles. The quantitative estimate of drug-likeness (QED) is 0.293. The molecule has 1 atom stereocenters. The third-order valence-electron chi connectivity index (χ3n) is 6.43. The Bertz CT molecular complexity index is 1520. The van der Waals surface area contributed by atoms with Crippen LogP contribution in [0.1, 0.15) is 42.2 Å². The summed E-state index contributed by atoms with van der Waals surface area (Å²) in [5.74, 6) is 1.91. The molecule has 0 saturated heterocycles. The van der Waals surface area contributed by atoms with E-state index in [1.165, 1.54) is 0 Å². The van der Waals surface area contributed by atoms with Crippen molar-refractivity contribution in [2.75, 3.05) is 13.7 Å². The molecule has 3 aromatic carbocycles. The first kappa shape index (κ1) is 26.7. The monoisotopic (exact) mass is 541 g/mol. The summed E-state index contributed by atoms with van der Waals surface area (Å²) < 4.78 is 7.51. The second-order valence-electron chi connectivity index (χ2n) is 9.04. The van der Waals surface area contributed by atoms with E-state index < -0.39 is 13.2 Å². The third kappa shape index (κ3) is 5.61. The fourth-order valence-electron chi connectivity index (χ4n) is 4.54. The molecule has 11 heteroatoms. The lowest BCUT2D eigenvalue weighted by molar-refractivity contribution is -0.121. The Morgan fingerprint density at radius 3 is 2.38 bits per heavy atom. The average Bonchev–Trinajstić information content (AvgIpc) is 3.26. The lowest BCUT2D eigenvalue weighted by Crippen LogP contribution is -2.29. The van der Waals surface area contributed by atoms with Crippen LogP contribution in [0.4, 0.5) is 0 Å². The van der Waals surface area contributed by atoms with Crippen LogP contribution in [-0.2, 0) is 4.79 Å². The molecule has 1 aliphatic heterocycles. The number of nitrogens with zero attached hydrogens (tertiary/aromatic N) is 4. The van der Waals surface area contributed by atoms with Crippen molar-refractivity contribution < 1.29 is 19.6 Å². The SMILES string of the molecule is CCNC(=O)C[C@@H]1N=C(c2ccc(Sc3ccc(B(O)O)cc3)cc2)c2cc(OC)ccc2-n2c(C)nnc21. The highest BCUT2D eigenvalue weighted by atomic mass is 32.2. The molecule has 5 rings (SSSR count). The summed E-state index contributed by atoms with van der Waals surface area (Å²) in [5, 5.41) is 30.3. The van der Waals surface area contributed by atoms with Crippen LogP contribution >= 0.6 is 11.8 Å². The van der Waals surface area contributed by atoms with E-state index in [1.54, 1.807) is 31.0 Å². The summed E-state index contributed by atoms with van der Waals surface area (Å²) in [6.45, 7) is 4.31. The number of methoxy groups -OCH3 is 1. The van der Waals surface area contributed by atoms with Crippen molar-refractivity contribution >= 4 is 36.0 Å². The smallest absolute Gasteiger partial charge is 0.488 e. The summed E-state index contributed by atoms with van der Waals surface area (Å²) >= 11 is 1.57. The zero-order valence-corrected chi connectivity index (χ0v) is 22.6. The number of nitrogens with one attached hydrogen (secondary N) is 1. The number of aromatic nitrogens is 3. The lowest BCUT2D eigenvalue weighted by atomic mass is 9.81. The van der Waals surface area contributed by atoms with Crippen LogP contribution in [0.2, 0.25) is 0 Å². The molecule has 0 spiro atoms. The van der Waals surface area contributed by atoms with Crippen molar-refractivity contribution in [2.24, 2.45) is 4.99 Å². The highest BCUT2D eigenvalue weighted by Crippen LogP contribution is 2.35. The number of hydrogen-bond donors (Lipinski definition) is 3. The third-order valence-corrected chi connectivity index (χ3v) is 7.44. The van der Waals surface area contributed by atoms with E-state index in [0.29, 0.717) is 29.4 Å². The molecule has 0 fully saturated rings. The Hall–Kier alpha value is -3.93. The Morgan fingerprint density at radius 1 is 1.05 bits per heavy atom. The van der Waals surface area contributed by atoms with Crippen LogP contribution in [0.25, 0.3) is 5.69 Å². The average molecular weight is 541 g/mol. The molecule has 1 aromatic heterocycles. The standard InChI is InChI=1S/C28H28BN5O4S/c1-4-30-26(35)16-24-28-33-32-17(2)34(28)25-14-9-20(38-3)15-23(25)27(31-24)18-5-10-21(11-6-18)39-22-12-7-19(8-13-22)29(36)37/h5-15,24,36-37H,4,16H2,1-3H3,(H,30,35)/t24-/m0/s1. The van der Waals surface area contributed by atoms with Crippen LogP contribution in [0.15, 0.2) is 81.5 Å².